The van der Waals surface area contributed by atoms with E-state index in [1.807, 2.05) is 6.07 Å². The summed E-state index contributed by atoms with van der Waals surface area (Å²) >= 11 is 0. The number of benzene rings is 2. The van der Waals surface area contributed by atoms with E-state index in [2.05, 4.69) is 17.6 Å². The molecule has 0 saturated carbocycles. The molecule has 0 bridgehead atoms. The van der Waals surface area contributed by atoms with Gasteiger partial charge in [0.2, 0.25) is 0 Å². The number of nitrogens with zero attached hydrogens (tertiary/aromatic N) is 1. The Morgan fingerprint density at radius 3 is 2.14 bits per heavy atom. The topological polar surface area (TPSA) is 41.7 Å². The molecule has 0 saturated heterocycles. The predicted molar refractivity (Wildman–Crippen MR) is 168 cm³/mol. The van der Waals surface area contributed by atoms with Crippen LogP contribution in [0.15, 0.2) is 30.3 Å². The quantitative estimate of drug-likeness (QED) is 0.121. The number of methoxy groups -OCH3 is 1. The Labute approximate surface area is 269 Å². The lowest BCUT2D eigenvalue weighted by molar-refractivity contribution is -0.546. The van der Waals surface area contributed by atoms with E-state index in [1.165, 1.54) is 80.8 Å². The van der Waals surface area contributed by atoms with Crippen molar-refractivity contribution >= 4 is 5.71 Å². The number of halogens is 3. The van der Waals surface area contributed by atoms with E-state index in [-0.39, 0.29) is 29.4 Å². The van der Waals surface area contributed by atoms with E-state index >= 15 is 0 Å². The number of hydrogen-bond donors (Lipinski definition) is 1. The molecule has 0 fully saturated rings. The average molecular weight is 667 g/mol. The van der Waals surface area contributed by atoms with E-state index in [9.17, 15) is 8.78 Å². The molecule has 1 N–H and O–H groups in total. The van der Waals surface area contributed by atoms with Gasteiger partial charge in [-0.05, 0) is 49.6 Å². The van der Waals surface area contributed by atoms with Gasteiger partial charge < -0.3 is 31.6 Å². The zero-order valence-corrected chi connectivity index (χ0v) is 28.2. The molecule has 1 aliphatic rings. The molecule has 43 heavy (non-hydrogen) atoms. The summed E-state index contributed by atoms with van der Waals surface area (Å²) in [6.07, 6.45) is 19.4. The second-order valence-corrected chi connectivity index (χ2v) is 11.7. The fraction of sp³-hybridized carbons (Fsp3) is 0.639. The highest BCUT2D eigenvalue weighted by atomic mass is 79.9. The Morgan fingerprint density at radius 2 is 1.47 bits per heavy atom. The molecule has 1 aliphatic heterocycles. The highest BCUT2D eigenvalue weighted by molar-refractivity contribution is 5.99. The fourth-order valence-corrected chi connectivity index (χ4v) is 6.03. The SMILES string of the molecule is CCCCCCCCCCCC1=[N+](Cc2cc(F)ccc2F)CCc2c1ccc(OC)c2OCCCCCCCCO.[Br-]. The van der Waals surface area contributed by atoms with Crippen molar-refractivity contribution < 1.29 is 44.9 Å². The Kier molecular flexibility index (Phi) is 18.7. The highest BCUT2D eigenvalue weighted by Crippen LogP contribution is 2.37. The molecule has 242 valence electrons. The van der Waals surface area contributed by atoms with Gasteiger partial charge in [-0.2, -0.15) is 0 Å². The zero-order chi connectivity index (χ0) is 30.0. The summed E-state index contributed by atoms with van der Waals surface area (Å²) in [5, 5.41) is 8.96. The minimum absolute atomic E-state index is 0. The highest BCUT2D eigenvalue weighted by Gasteiger charge is 2.30. The van der Waals surface area contributed by atoms with Crippen LogP contribution in [0.25, 0.3) is 0 Å². The minimum Gasteiger partial charge on any atom is -1.00 e. The lowest BCUT2D eigenvalue weighted by Gasteiger charge is -2.23. The molecular weight excluding hydrogens is 612 g/mol. The van der Waals surface area contributed by atoms with Gasteiger partial charge in [0.15, 0.2) is 23.8 Å². The van der Waals surface area contributed by atoms with E-state index in [0.717, 1.165) is 81.4 Å². The van der Waals surface area contributed by atoms with Gasteiger partial charge in [-0.25, -0.2) is 13.4 Å². The van der Waals surface area contributed by atoms with Crippen LogP contribution < -0.4 is 26.5 Å². The number of aliphatic hydroxyl groups is 1. The maximum absolute atomic E-state index is 14.7. The third-order valence-corrected chi connectivity index (χ3v) is 8.45. The van der Waals surface area contributed by atoms with Crippen LogP contribution in [0, 0.1) is 11.6 Å². The van der Waals surface area contributed by atoms with Crippen LogP contribution in [0.3, 0.4) is 0 Å². The molecule has 2 aromatic rings. The van der Waals surface area contributed by atoms with Crippen LogP contribution in [0.4, 0.5) is 8.78 Å². The molecule has 1 heterocycles. The van der Waals surface area contributed by atoms with Crippen LogP contribution in [-0.2, 0) is 13.0 Å². The average Bonchev–Trinajstić information content (AvgIpc) is 3.00. The van der Waals surface area contributed by atoms with Crippen molar-refractivity contribution in [2.24, 2.45) is 0 Å². The summed E-state index contributed by atoms with van der Waals surface area (Å²) in [5.74, 6) is 0.818. The predicted octanol–water partition coefficient (Wildman–Crippen LogP) is 6.17. The van der Waals surface area contributed by atoms with Gasteiger partial charge in [0.05, 0.1) is 19.3 Å². The fourth-order valence-electron chi connectivity index (χ4n) is 6.03. The zero-order valence-electron chi connectivity index (χ0n) is 26.6. The number of hydrogen-bond acceptors (Lipinski definition) is 3. The van der Waals surface area contributed by atoms with Crippen LogP contribution in [0.2, 0.25) is 0 Å². The minimum atomic E-state index is -0.405. The molecule has 0 atom stereocenters. The molecule has 0 amide bonds. The molecule has 4 nitrogen and oxygen atoms in total. The van der Waals surface area contributed by atoms with Gasteiger partial charge >= 0.3 is 0 Å². The van der Waals surface area contributed by atoms with Crippen molar-refractivity contribution in [2.75, 3.05) is 26.9 Å². The summed E-state index contributed by atoms with van der Waals surface area (Å²) in [7, 11) is 1.69. The number of unbranched alkanes of at least 4 members (excludes halogenated alkanes) is 13. The summed E-state index contributed by atoms with van der Waals surface area (Å²) in [4.78, 5) is 0. The number of aliphatic hydroxyl groups excluding tert-OH is 1. The first kappa shape index (κ1) is 37.2. The van der Waals surface area contributed by atoms with E-state index < -0.39 is 5.82 Å². The van der Waals surface area contributed by atoms with Crippen molar-refractivity contribution in [2.45, 2.75) is 123 Å². The number of fused-ring (bicyclic) bond motifs is 1. The Morgan fingerprint density at radius 1 is 0.814 bits per heavy atom. The van der Waals surface area contributed by atoms with E-state index in [4.69, 9.17) is 14.6 Å². The molecule has 7 heteroatoms. The van der Waals surface area contributed by atoms with Crippen molar-refractivity contribution in [3.8, 4) is 11.5 Å². The lowest BCUT2D eigenvalue weighted by Crippen LogP contribution is -3.00. The lowest BCUT2D eigenvalue weighted by atomic mass is 9.91. The number of rotatable bonds is 22. The Hall–Kier alpha value is -1.99. The Bertz CT molecular complexity index is 1110. The van der Waals surface area contributed by atoms with Crippen molar-refractivity contribution in [1.82, 2.24) is 0 Å². The Balaban J connectivity index is 0.00000645. The molecule has 0 aliphatic carbocycles. The van der Waals surface area contributed by atoms with E-state index in [0.29, 0.717) is 18.7 Å². The van der Waals surface area contributed by atoms with Crippen LogP contribution in [0.5, 0.6) is 11.5 Å². The van der Waals surface area contributed by atoms with Gasteiger partial charge in [-0.3, -0.25) is 0 Å². The smallest absolute Gasteiger partial charge is 0.184 e. The molecule has 0 unspecified atom stereocenters. The van der Waals surface area contributed by atoms with Gasteiger partial charge in [-0.1, -0.05) is 84.0 Å². The van der Waals surface area contributed by atoms with Crippen LogP contribution >= 0.6 is 0 Å². The molecule has 3 rings (SSSR count). The first-order valence-electron chi connectivity index (χ1n) is 16.6. The summed E-state index contributed by atoms with van der Waals surface area (Å²) < 4.78 is 43.0. The monoisotopic (exact) mass is 665 g/mol. The summed E-state index contributed by atoms with van der Waals surface area (Å²) in [6.45, 7) is 4.24. The molecule has 0 aromatic heterocycles. The second kappa shape index (κ2) is 21.7. The van der Waals surface area contributed by atoms with Gasteiger partial charge in [0.25, 0.3) is 0 Å². The molecular formula is C36H54BrF2NO3. The third-order valence-electron chi connectivity index (χ3n) is 8.45. The maximum Gasteiger partial charge on any atom is 0.184 e. The normalized spacial score (nSPS) is 12.7. The van der Waals surface area contributed by atoms with Gasteiger partial charge in [-0.15, -0.1) is 0 Å². The standard InChI is InChI=1S/C36H54F2NO3.BrH/c1-3-4-5-6-7-8-9-12-15-18-34-31-20-22-35(41-2)36(42-26-17-14-11-10-13-16-25-40)32(31)23-24-39(34)28-29-27-30(37)19-21-33(29)38;/h19-22,27,40H,3-18,23-26,28H2,1-2H3;1H/q+1;/p-1. The molecule has 2 aromatic carbocycles. The molecule has 0 radical (unpaired) electrons. The van der Waals surface area contributed by atoms with Crippen molar-refractivity contribution in [3.05, 3.63) is 58.7 Å². The second-order valence-electron chi connectivity index (χ2n) is 11.7. The van der Waals surface area contributed by atoms with Gasteiger partial charge in [0, 0.05) is 30.6 Å². The maximum atomic E-state index is 14.7. The number of ether oxygens (including phenoxy) is 2. The largest absolute Gasteiger partial charge is 1.00 e. The summed E-state index contributed by atoms with van der Waals surface area (Å²) in [6, 6.07) is 7.85. The van der Waals surface area contributed by atoms with Crippen molar-refractivity contribution in [1.29, 1.82) is 0 Å². The molecule has 0 spiro atoms. The summed E-state index contributed by atoms with van der Waals surface area (Å²) in [5.41, 5.74) is 3.91. The van der Waals surface area contributed by atoms with Crippen LogP contribution in [-0.4, -0.2) is 42.3 Å². The first-order chi connectivity index (χ1) is 20.6. The van der Waals surface area contributed by atoms with E-state index in [1.54, 1.807) is 7.11 Å². The van der Waals surface area contributed by atoms with Gasteiger partial charge in [0.1, 0.15) is 18.2 Å². The third kappa shape index (κ3) is 12.5. The van der Waals surface area contributed by atoms with Crippen molar-refractivity contribution in [3.63, 3.8) is 0 Å². The van der Waals surface area contributed by atoms with Crippen LogP contribution in [0.1, 0.15) is 126 Å². The first-order valence-corrected chi connectivity index (χ1v) is 16.6.